The lowest BCUT2D eigenvalue weighted by Crippen LogP contribution is -2.44. The van der Waals surface area contributed by atoms with Gasteiger partial charge in [0.05, 0.1) is 0 Å². The zero-order chi connectivity index (χ0) is 11.4. The molecule has 0 aromatic rings. The normalized spacial score (nSPS) is 13.7. The molecule has 0 heterocycles. The molecule has 0 aliphatic carbocycles. The minimum atomic E-state index is 0.232. The second kappa shape index (κ2) is 5.13. The molecule has 0 unspecified atom stereocenters. The molecule has 2 N–H and O–H groups in total. The summed E-state index contributed by atoms with van der Waals surface area (Å²) in [6.45, 7) is 17.7. The molecule has 86 valence electrons. The van der Waals surface area contributed by atoms with Crippen molar-refractivity contribution in [2.24, 2.45) is 5.92 Å². The second-order valence-corrected chi connectivity index (χ2v) is 6.37. The Kier molecular flexibility index (Phi) is 5.10. The molecular formula is C12H28N2. The molecule has 0 spiro atoms. The average molecular weight is 200 g/mol. The molecule has 0 bridgehead atoms. The summed E-state index contributed by atoms with van der Waals surface area (Å²) in [6.07, 6.45) is 0. The third-order valence-corrected chi connectivity index (χ3v) is 1.96. The summed E-state index contributed by atoms with van der Waals surface area (Å²) < 4.78 is 0. The Hall–Kier alpha value is -0.0800. The van der Waals surface area contributed by atoms with Gasteiger partial charge in [0.25, 0.3) is 0 Å². The van der Waals surface area contributed by atoms with Crippen molar-refractivity contribution in [1.82, 2.24) is 10.6 Å². The van der Waals surface area contributed by atoms with Crippen molar-refractivity contribution in [3.05, 3.63) is 0 Å². The molecule has 0 radical (unpaired) electrons. The van der Waals surface area contributed by atoms with Crippen molar-refractivity contribution >= 4 is 0 Å². The lowest BCUT2D eigenvalue weighted by atomic mass is 10.0. The summed E-state index contributed by atoms with van der Waals surface area (Å²) in [5.74, 6) is 0.674. The lowest BCUT2D eigenvalue weighted by Gasteiger charge is -2.26. The first-order valence-corrected chi connectivity index (χ1v) is 5.60. The van der Waals surface area contributed by atoms with Crippen LogP contribution in [0.15, 0.2) is 0 Å². The summed E-state index contributed by atoms with van der Waals surface area (Å²) in [4.78, 5) is 0. The lowest BCUT2D eigenvalue weighted by molar-refractivity contribution is 0.340. The molecule has 0 aliphatic heterocycles. The van der Waals surface area contributed by atoms with Crippen LogP contribution in [-0.2, 0) is 0 Å². The highest BCUT2D eigenvalue weighted by molar-refractivity contribution is 4.75. The van der Waals surface area contributed by atoms with Gasteiger partial charge in [0.1, 0.15) is 0 Å². The molecule has 0 fully saturated rings. The molecule has 2 heteroatoms. The van der Waals surface area contributed by atoms with E-state index in [-0.39, 0.29) is 11.1 Å². The average Bonchev–Trinajstić information content (AvgIpc) is 1.94. The third-order valence-electron chi connectivity index (χ3n) is 1.96. The molecule has 0 aliphatic rings. The summed E-state index contributed by atoms with van der Waals surface area (Å²) in [5.41, 5.74) is 0.464. The van der Waals surface area contributed by atoms with Gasteiger partial charge in [0.2, 0.25) is 0 Å². The van der Waals surface area contributed by atoms with Crippen LogP contribution in [0.3, 0.4) is 0 Å². The van der Waals surface area contributed by atoms with Crippen molar-refractivity contribution in [3.63, 3.8) is 0 Å². The van der Waals surface area contributed by atoms with Crippen LogP contribution >= 0.6 is 0 Å². The van der Waals surface area contributed by atoms with Gasteiger partial charge in [-0.15, -0.1) is 0 Å². The predicted molar refractivity (Wildman–Crippen MR) is 64.7 cm³/mol. The summed E-state index contributed by atoms with van der Waals surface area (Å²) in [6, 6.07) is 0. The van der Waals surface area contributed by atoms with E-state index in [0.29, 0.717) is 5.92 Å². The Labute approximate surface area is 89.9 Å². The van der Waals surface area contributed by atoms with E-state index in [4.69, 9.17) is 0 Å². The third kappa shape index (κ3) is 10.0. The van der Waals surface area contributed by atoms with Gasteiger partial charge in [0, 0.05) is 11.1 Å². The second-order valence-electron chi connectivity index (χ2n) is 6.37. The Morgan fingerprint density at radius 1 is 0.786 bits per heavy atom. The number of nitrogens with one attached hydrogen (secondary N) is 2. The van der Waals surface area contributed by atoms with E-state index >= 15 is 0 Å². The predicted octanol–water partition coefficient (Wildman–Crippen LogP) is 2.40. The van der Waals surface area contributed by atoms with E-state index in [1.54, 1.807) is 0 Å². The molecule has 0 aromatic heterocycles. The highest BCUT2D eigenvalue weighted by Crippen LogP contribution is 2.03. The molecule has 0 saturated heterocycles. The maximum absolute atomic E-state index is 3.52. The molecule has 0 saturated carbocycles. The fourth-order valence-corrected chi connectivity index (χ4v) is 1.03. The van der Waals surface area contributed by atoms with Gasteiger partial charge < -0.3 is 10.6 Å². The zero-order valence-electron chi connectivity index (χ0n) is 11.0. The van der Waals surface area contributed by atoms with Crippen LogP contribution in [0.2, 0.25) is 0 Å². The van der Waals surface area contributed by atoms with Crippen LogP contribution in [-0.4, -0.2) is 24.2 Å². The summed E-state index contributed by atoms with van der Waals surface area (Å²) in [5, 5.41) is 7.04. The summed E-state index contributed by atoms with van der Waals surface area (Å²) in [7, 11) is 0. The molecule has 14 heavy (non-hydrogen) atoms. The fraction of sp³-hybridized carbons (Fsp3) is 1.00. The highest BCUT2D eigenvalue weighted by atomic mass is 15.0. The topological polar surface area (TPSA) is 24.1 Å². The van der Waals surface area contributed by atoms with Gasteiger partial charge in [-0.3, -0.25) is 0 Å². The maximum Gasteiger partial charge on any atom is 0.00966 e. The first-order chi connectivity index (χ1) is 6.10. The van der Waals surface area contributed by atoms with E-state index in [2.05, 4.69) is 59.1 Å². The van der Waals surface area contributed by atoms with Crippen LogP contribution < -0.4 is 10.6 Å². The maximum atomic E-state index is 3.52. The number of hydrogen-bond acceptors (Lipinski definition) is 2. The monoisotopic (exact) mass is 200 g/mol. The number of hydrogen-bond donors (Lipinski definition) is 2. The Morgan fingerprint density at radius 2 is 1.07 bits per heavy atom. The molecule has 0 amide bonds. The molecule has 2 nitrogen and oxygen atoms in total. The van der Waals surface area contributed by atoms with E-state index < -0.39 is 0 Å². The van der Waals surface area contributed by atoms with Crippen molar-refractivity contribution in [3.8, 4) is 0 Å². The Morgan fingerprint density at radius 3 is 1.29 bits per heavy atom. The van der Waals surface area contributed by atoms with Gasteiger partial charge in [-0.1, -0.05) is 6.92 Å². The molecule has 0 rings (SSSR count). The van der Waals surface area contributed by atoms with E-state index in [9.17, 15) is 0 Å². The minimum absolute atomic E-state index is 0.232. The van der Waals surface area contributed by atoms with Gasteiger partial charge in [-0.25, -0.2) is 0 Å². The van der Waals surface area contributed by atoms with Crippen LogP contribution in [0.4, 0.5) is 0 Å². The van der Waals surface area contributed by atoms with Crippen LogP contribution in [0.5, 0.6) is 0 Å². The smallest absolute Gasteiger partial charge is 0.00966 e. The first-order valence-electron chi connectivity index (χ1n) is 5.60. The van der Waals surface area contributed by atoms with Crippen LogP contribution in [0.1, 0.15) is 48.5 Å². The van der Waals surface area contributed by atoms with Gasteiger partial charge in [-0.05, 0) is 60.5 Å². The van der Waals surface area contributed by atoms with E-state index in [0.717, 1.165) is 13.1 Å². The van der Waals surface area contributed by atoms with Crippen LogP contribution in [0.25, 0.3) is 0 Å². The van der Waals surface area contributed by atoms with Gasteiger partial charge in [0.15, 0.2) is 0 Å². The SMILES string of the molecule is CC(CNC(C)(C)C)CNC(C)(C)C. The highest BCUT2D eigenvalue weighted by Gasteiger charge is 2.13. The van der Waals surface area contributed by atoms with Gasteiger partial charge in [-0.2, -0.15) is 0 Å². The van der Waals surface area contributed by atoms with Gasteiger partial charge >= 0.3 is 0 Å². The molecule has 0 aromatic carbocycles. The zero-order valence-corrected chi connectivity index (χ0v) is 11.0. The van der Waals surface area contributed by atoms with Crippen molar-refractivity contribution in [1.29, 1.82) is 0 Å². The van der Waals surface area contributed by atoms with Crippen molar-refractivity contribution < 1.29 is 0 Å². The quantitative estimate of drug-likeness (QED) is 0.728. The van der Waals surface area contributed by atoms with Crippen molar-refractivity contribution in [2.75, 3.05) is 13.1 Å². The van der Waals surface area contributed by atoms with E-state index in [1.165, 1.54) is 0 Å². The van der Waals surface area contributed by atoms with Crippen LogP contribution in [0, 0.1) is 5.92 Å². The standard InChI is InChI=1S/C12H28N2/c1-10(8-13-11(2,3)4)9-14-12(5,6)7/h10,13-14H,8-9H2,1-7H3. The Bertz CT molecular complexity index is 133. The largest absolute Gasteiger partial charge is 0.312 e. The molecular weight excluding hydrogens is 172 g/mol. The first kappa shape index (κ1) is 13.9. The number of rotatable bonds is 4. The Balaban J connectivity index is 3.62. The van der Waals surface area contributed by atoms with E-state index in [1.807, 2.05) is 0 Å². The molecule has 0 atom stereocenters. The minimum Gasteiger partial charge on any atom is -0.312 e. The van der Waals surface area contributed by atoms with Crippen molar-refractivity contribution in [2.45, 2.75) is 59.5 Å². The fourth-order valence-electron chi connectivity index (χ4n) is 1.03. The summed E-state index contributed by atoms with van der Waals surface area (Å²) >= 11 is 0.